The Morgan fingerprint density at radius 1 is 1.43 bits per heavy atom. The van der Waals surface area contributed by atoms with Crippen molar-refractivity contribution in [3.63, 3.8) is 0 Å². The third kappa shape index (κ3) is 3.63. The van der Waals surface area contributed by atoms with Crippen molar-refractivity contribution in [1.29, 1.82) is 0 Å². The van der Waals surface area contributed by atoms with Crippen molar-refractivity contribution in [3.8, 4) is 5.75 Å². The summed E-state index contributed by atoms with van der Waals surface area (Å²) in [6.07, 6.45) is 2.64. The molecule has 0 unspecified atom stereocenters. The van der Waals surface area contributed by atoms with Crippen molar-refractivity contribution in [2.75, 3.05) is 13.2 Å². The van der Waals surface area contributed by atoms with Crippen LogP contribution in [0.25, 0.3) is 6.08 Å². The number of hydrogen-bond acceptors (Lipinski definition) is 3. The lowest BCUT2D eigenvalue weighted by Gasteiger charge is -2.11. The second-order valence-electron chi connectivity index (χ2n) is 4.56. The monoisotopic (exact) mass is 368 g/mol. The average Bonchev–Trinajstić information content (AvgIpc) is 2.70. The van der Waals surface area contributed by atoms with Gasteiger partial charge < -0.3 is 10.1 Å². The van der Waals surface area contributed by atoms with Gasteiger partial charge in [0.2, 0.25) is 0 Å². The van der Waals surface area contributed by atoms with E-state index in [1.165, 1.54) is 0 Å². The number of rotatable bonds is 5. The Bertz CT molecular complexity index is 601. The summed E-state index contributed by atoms with van der Waals surface area (Å²) in [5, 5.41) is 3.43. The number of benzene rings is 1. The van der Waals surface area contributed by atoms with Crippen LogP contribution in [0.4, 0.5) is 0 Å². The molecule has 0 saturated carbocycles. The summed E-state index contributed by atoms with van der Waals surface area (Å²) in [6, 6.07) is 5.70. The van der Waals surface area contributed by atoms with Crippen LogP contribution in [0.15, 0.2) is 28.4 Å². The summed E-state index contributed by atoms with van der Waals surface area (Å²) in [4.78, 5) is 13.9. The maximum absolute atomic E-state index is 12.3. The minimum Gasteiger partial charge on any atom is -0.493 e. The molecule has 112 valence electrons. The van der Waals surface area contributed by atoms with E-state index in [0.29, 0.717) is 24.0 Å². The summed E-state index contributed by atoms with van der Waals surface area (Å²) >= 11 is 8.63. The average molecular weight is 369 g/mol. The molecular formula is C15H17BrN2O2S. The predicted octanol–water partition coefficient (Wildman–Crippen LogP) is 3.32. The van der Waals surface area contributed by atoms with E-state index in [-0.39, 0.29) is 5.91 Å². The van der Waals surface area contributed by atoms with E-state index >= 15 is 0 Å². The topological polar surface area (TPSA) is 41.6 Å². The molecule has 1 aliphatic heterocycles. The Balaban J connectivity index is 2.34. The Labute approximate surface area is 138 Å². The molecule has 6 heteroatoms. The van der Waals surface area contributed by atoms with Crippen LogP contribution in [0.2, 0.25) is 0 Å². The molecule has 1 N–H and O–H groups in total. The van der Waals surface area contributed by atoms with E-state index < -0.39 is 0 Å². The fraction of sp³-hybridized carbons (Fsp3) is 0.333. The molecule has 21 heavy (non-hydrogen) atoms. The fourth-order valence-electron chi connectivity index (χ4n) is 2.07. The number of carbonyl (C=O) groups is 1. The van der Waals surface area contributed by atoms with Crippen LogP contribution in [0.1, 0.15) is 25.8 Å². The third-order valence-electron chi connectivity index (χ3n) is 2.98. The standard InChI is InChI=1S/C15H17BrN2O2S/c1-3-7-18-14(19)12(17-15(18)21)9-10-8-11(16)5-6-13(10)20-4-2/h5-6,8-9H,3-4,7H2,1-2H3,(H,17,21). The van der Waals surface area contributed by atoms with Gasteiger partial charge in [-0.2, -0.15) is 0 Å². The second-order valence-corrected chi connectivity index (χ2v) is 5.86. The Kier molecular flexibility index (Phi) is 5.36. The Morgan fingerprint density at radius 3 is 2.86 bits per heavy atom. The largest absolute Gasteiger partial charge is 0.493 e. The second kappa shape index (κ2) is 7.04. The lowest BCUT2D eigenvalue weighted by molar-refractivity contribution is -0.122. The first kappa shape index (κ1) is 16.0. The number of nitrogens with one attached hydrogen (secondary N) is 1. The van der Waals surface area contributed by atoms with Gasteiger partial charge in [0.05, 0.1) is 6.61 Å². The maximum atomic E-state index is 12.3. The molecule has 0 spiro atoms. The fourth-order valence-corrected chi connectivity index (χ4v) is 2.74. The number of carbonyl (C=O) groups excluding carboxylic acids is 1. The lowest BCUT2D eigenvalue weighted by Crippen LogP contribution is -2.31. The van der Waals surface area contributed by atoms with E-state index in [1.807, 2.05) is 32.0 Å². The molecule has 1 aliphatic rings. The van der Waals surface area contributed by atoms with Gasteiger partial charge >= 0.3 is 0 Å². The predicted molar refractivity (Wildman–Crippen MR) is 91.0 cm³/mol. The van der Waals surface area contributed by atoms with Crippen molar-refractivity contribution >= 4 is 45.2 Å². The quantitative estimate of drug-likeness (QED) is 0.639. The minimum atomic E-state index is -0.0933. The van der Waals surface area contributed by atoms with Gasteiger partial charge in [0.1, 0.15) is 11.4 Å². The third-order valence-corrected chi connectivity index (χ3v) is 3.80. The van der Waals surface area contributed by atoms with Gasteiger partial charge in [0.15, 0.2) is 5.11 Å². The van der Waals surface area contributed by atoms with Crippen LogP contribution in [0.5, 0.6) is 5.75 Å². The van der Waals surface area contributed by atoms with Gasteiger partial charge in [-0.15, -0.1) is 0 Å². The summed E-state index contributed by atoms with van der Waals surface area (Å²) < 4.78 is 6.51. The number of amides is 1. The van der Waals surface area contributed by atoms with Crippen LogP contribution < -0.4 is 10.1 Å². The molecule has 1 amide bonds. The van der Waals surface area contributed by atoms with Crippen molar-refractivity contribution in [2.45, 2.75) is 20.3 Å². The number of thiocarbonyl (C=S) groups is 1. The Hall–Kier alpha value is -1.40. The summed E-state index contributed by atoms with van der Waals surface area (Å²) in [6.45, 7) is 5.13. The van der Waals surface area contributed by atoms with Crippen LogP contribution in [-0.2, 0) is 4.79 Å². The van der Waals surface area contributed by atoms with Gasteiger partial charge in [-0.3, -0.25) is 9.69 Å². The summed E-state index contributed by atoms with van der Waals surface area (Å²) in [5.41, 5.74) is 1.32. The number of hydrogen-bond donors (Lipinski definition) is 1. The molecule has 0 aromatic heterocycles. The molecule has 1 heterocycles. The maximum Gasteiger partial charge on any atom is 0.276 e. The highest BCUT2D eigenvalue weighted by molar-refractivity contribution is 9.10. The van der Waals surface area contributed by atoms with Crippen LogP contribution in [-0.4, -0.2) is 29.1 Å². The molecule has 1 saturated heterocycles. The highest BCUT2D eigenvalue weighted by Gasteiger charge is 2.29. The van der Waals surface area contributed by atoms with E-state index in [9.17, 15) is 4.79 Å². The van der Waals surface area contributed by atoms with E-state index in [2.05, 4.69) is 21.2 Å². The molecule has 2 rings (SSSR count). The molecule has 0 bridgehead atoms. The Morgan fingerprint density at radius 2 is 2.19 bits per heavy atom. The molecule has 1 aromatic rings. The molecule has 4 nitrogen and oxygen atoms in total. The zero-order valence-corrected chi connectivity index (χ0v) is 14.4. The first-order chi connectivity index (χ1) is 10.1. The van der Waals surface area contributed by atoms with Crippen LogP contribution in [0.3, 0.4) is 0 Å². The number of halogens is 1. The number of ether oxygens (including phenoxy) is 1. The van der Waals surface area contributed by atoms with Crippen LogP contribution >= 0.6 is 28.1 Å². The molecular weight excluding hydrogens is 352 g/mol. The van der Waals surface area contributed by atoms with Crippen molar-refractivity contribution in [3.05, 3.63) is 33.9 Å². The van der Waals surface area contributed by atoms with Gasteiger partial charge in [0.25, 0.3) is 5.91 Å². The minimum absolute atomic E-state index is 0.0933. The first-order valence-electron chi connectivity index (χ1n) is 6.83. The molecule has 1 fully saturated rings. The van der Waals surface area contributed by atoms with Crippen molar-refractivity contribution in [1.82, 2.24) is 10.2 Å². The van der Waals surface area contributed by atoms with Crippen LogP contribution in [0, 0.1) is 0 Å². The molecule has 0 radical (unpaired) electrons. The highest BCUT2D eigenvalue weighted by atomic mass is 79.9. The van der Waals surface area contributed by atoms with Crippen molar-refractivity contribution < 1.29 is 9.53 Å². The first-order valence-corrected chi connectivity index (χ1v) is 8.03. The normalized spacial score (nSPS) is 16.5. The van der Waals surface area contributed by atoms with Gasteiger partial charge in [-0.25, -0.2) is 0 Å². The zero-order chi connectivity index (χ0) is 15.4. The molecule has 0 aliphatic carbocycles. The van der Waals surface area contributed by atoms with E-state index in [1.54, 1.807) is 11.0 Å². The SMILES string of the molecule is CCCN1C(=O)C(=Cc2cc(Br)ccc2OCC)NC1=S. The van der Waals surface area contributed by atoms with Gasteiger partial charge in [-0.1, -0.05) is 22.9 Å². The number of nitrogens with zero attached hydrogens (tertiary/aromatic N) is 1. The zero-order valence-electron chi connectivity index (χ0n) is 12.0. The summed E-state index contributed by atoms with van der Waals surface area (Å²) in [7, 11) is 0. The summed E-state index contributed by atoms with van der Waals surface area (Å²) in [5.74, 6) is 0.645. The van der Waals surface area contributed by atoms with E-state index in [4.69, 9.17) is 17.0 Å². The molecule has 1 aromatic carbocycles. The van der Waals surface area contributed by atoms with Gasteiger partial charge in [0, 0.05) is 16.6 Å². The lowest BCUT2D eigenvalue weighted by atomic mass is 10.1. The highest BCUT2D eigenvalue weighted by Crippen LogP contribution is 2.26. The van der Waals surface area contributed by atoms with Gasteiger partial charge in [-0.05, 0) is 49.8 Å². The van der Waals surface area contributed by atoms with E-state index in [0.717, 1.165) is 22.2 Å². The van der Waals surface area contributed by atoms with Crippen molar-refractivity contribution in [2.24, 2.45) is 0 Å². The smallest absolute Gasteiger partial charge is 0.276 e. The molecule has 0 atom stereocenters.